The highest BCUT2D eigenvalue weighted by atomic mass is 16.4. The highest BCUT2D eigenvalue weighted by molar-refractivity contribution is 6.00. The van der Waals surface area contributed by atoms with Crippen LogP contribution in [0.15, 0.2) is 42.5 Å². The number of hydrogen-bond donors (Lipinski definition) is 1. The molecule has 0 unspecified atom stereocenters. The molecule has 0 fully saturated rings. The first-order valence-corrected chi connectivity index (χ1v) is 8.53. The average Bonchev–Trinajstić information content (AvgIpc) is 2.96. The quantitative estimate of drug-likeness (QED) is 0.917. The molecule has 0 atom stereocenters. The van der Waals surface area contributed by atoms with Crippen molar-refractivity contribution in [1.82, 2.24) is 9.80 Å². The van der Waals surface area contributed by atoms with E-state index in [0.29, 0.717) is 31.6 Å². The average molecular weight is 350 g/mol. The summed E-state index contributed by atoms with van der Waals surface area (Å²) >= 11 is 0. The van der Waals surface area contributed by atoms with Gasteiger partial charge in [-0.2, -0.15) is 0 Å². The Labute approximate surface area is 150 Å². The summed E-state index contributed by atoms with van der Waals surface area (Å²) in [7, 11) is 0. The number of carboxylic acid groups (broad SMARTS) is 1. The Morgan fingerprint density at radius 1 is 1.00 bits per heavy atom. The van der Waals surface area contributed by atoms with Crippen molar-refractivity contribution in [3.05, 3.63) is 70.3 Å². The van der Waals surface area contributed by atoms with Gasteiger partial charge >= 0.3 is 5.97 Å². The van der Waals surface area contributed by atoms with E-state index >= 15 is 0 Å². The van der Waals surface area contributed by atoms with Crippen LogP contribution in [0.1, 0.15) is 37.4 Å². The third kappa shape index (κ3) is 2.83. The lowest BCUT2D eigenvalue weighted by atomic mass is 9.97. The lowest BCUT2D eigenvalue weighted by molar-refractivity contribution is -0.132. The Morgan fingerprint density at radius 2 is 1.81 bits per heavy atom. The highest BCUT2D eigenvalue weighted by Crippen LogP contribution is 2.24. The molecule has 0 saturated carbocycles. The topological polar surface area (TPSA) is 77.9 Å². The first-order chi connectivity index (χ1) is 12.5. The molecule has 0 aromatic heterocycles. The van der Waals surface area contributed by atoms with Crippen LogP contribution < -0.4 is 0 Å². The molecule has 0 spiro atoms. The molecule has 0 aliphatic carbocycles. The molecule has 4 rings (SSSR count). The summed E-state index contributed by atoms with van der Waals surface area (Å²) in [6.07, 6.45) is 0.690. The van der Waals surface area contributed by atoms with Crippen molar-refractivity contribution >= 4 is 17.8 Å². The molecule has 0 bridgehead atoms. The Bertz CT molecular complexity index is 922. The summed E-state index contributed by atoms with van der Waals surface area (Å²) in [5, 5.41) is 9.14. The van der Waals surface area contributed by atoms with Crippen LogP contribution in [-0.2, 0) is 24.3 Å². The van der Waals surface area contributed by atoms with Crippen molar-refractivity contribution in [3.63, 3.8) is 0 Å². The number of nitrogens with zero attached hydrogens (tertiary/aromatic N) is 2. The predicted octanol–water partition coefficient (Wildman–Crippen LogP) is 1.93. The summed E-state index contributed by atoms with van der Waals surface area (Å²) in [6, 6.07) is 12.5. The second-order valence-electron chi connectivity index (χ2n) is 6.67. The smallest absolute Gasteiger partial charge is 0.335 e. The molecule has 6 heteroatoms. The normalized spacial score (nSPS) is 15.6. The van der Waals surface area contributed by atoms with E-state index in [9.17, 15) is 14.4 Å². The lowest BCUT2D eigenvalue weighted by Crippen LogP contribution is -2.42. The summed E-state index contributed by atoms with van der Waals surface area (Å²) in [6.45, 7) is 1.45. The van der Waals surface area contributed by atoms with Crippen LogP contribution in [0.3, 0.4) is 0 Å². The Morgan fingerprint density at radius 3 is 2.58 bits per heavy atom. The third-order valence-electron chi connectivity index (χ3n) is 5.04. The van der Waals surface area contributed by atoms with Crippen LogP contribution in [0.4, 0.5) is 0 Å². The van der Waals surface area contributed by atoms with E-state index < -0.39 is 5.97 Å². The zero-order valence-electron chi connectivity index (χ0n) is 14.1. The minimum atomic E-state index is -0.975. The molecule has 0 saturated heterocycles. The summed E-state index contributed by atoms with van der Waals surface area (Å²) < 4.78 is 0. The van der Waals surface area contributed by atoms with Gasteiger partial charge in [-0.15, -0.1) is 0 Å². The van der Waals surface area contributed by atoms with Crippen LogP contribution in [0, 0.1) is 0 Å². The van der Waals surface area contributed by atoms with Crippen molar-refractivity contribution in [2.24, 2.45) is 0 Å². The lowest BCUT2D eigenvalue weighted by Gasteiger charge is -2.30. The zero-order valence-corrected chi connectivity index (χ0v) is 14.1. The van der Waals surface area contributed by atoms with E-state index in [0.717, 1.165) is 16.7 Å². The summed E-state index contributed by atoms with van der Waals surface area (Å²) in [5.41, 5.74) is 3.77. The van der Waals surface area contributed by atoms with Crippen LogP contribution in [0.5, 0.6) is 0 Å². The van der Waals surface area contributed by atoms with Crippen LogP contribution in [0.2, 0.25) is 0 Å². The van der Waals surface area contributed by atoms with Gasteiger partial charge in [-0.1, -0.05) is 24.3 Å². The second kappa shape index (κ2) is 6.29. The van der Waals surface area contributed by atoms with Gasteiger partial charge in [0.1, 0.15) is 6.54 Å². The van der Waals surface area contributed by atoms with Gasteiger partial charge in [-0.3, -0.25) is 9.59 Å². The first kappa shape index (κ1) is 16.3. The predicted molar refractivity (Wildman–Crippen MR) is 93.7 cm³/mol. The molecule has 0 radical (unpaired) electrons. The van der Waals surface area contributed by atoms with E-state index in [-0.39, 0.29) is 23.9 Å². The van der Waals surface area contributed by atoms with Gasteiger partial charge in [0.15, 0.2) is 0 Å². The van der Waals surface area contributed by atoms with Crippen LogP contribution >= 0.6 is 0 Å². The van der Waals surface area contributed by atoms with Gasteiger partial charge in [0, 0.05) is 25.2 Å². The number of benzene rings is 2. The van der Waals surface area contributed by atoms with Crippen molar-refractivity contribution in [2.75, 3.05) is 13.1 Å². The fourth-order valence-electron chi connectivity index (χ4n) is 3.61. The van der Waals surface area contributed by atoms with Crippen molar-refractivity contribution in [1.29, 1.82) is 0 Å². The molecular formula is C20H18N2O4. The summed E-state index contributed by atoms with van der Waals surface area (Å²) in [5.74, 6) is -1.20. The maximum Gasteiger partial charge on any atom is 0.335 e. The fourth-order valence-corrected chi connectivity index (χ4v) is 3.61. The molecule has 132 valence electrons. The largest absolute Gasteiger partial charge is 0.478 e. The minimum Gasteiger partial charge on any atom is -0.478 e. The van der Waals surface area contributed by atoms with Gasteiger partial charge < -0.3 is 14.9 Å². The second-order valence-corrected chi connectivity index (χ2v) is 6.67. The van der Waals surface area contributed by atoms with E-state index in [1.165, 1.54) is 0 Å². The molecule has 2 aliphatic rings. The van der Waals surface area contributed by atoms with E-state index in [2.05, 4.69) is 0 Å². The number of carboxylic acids is 1. The number of amides is 2. The van der Waals surface area contributed by atoms with Gasteiger partial charge in [0.25, 0.3) is 5.91 Å². The monoisotopic (exact) mass is 350 g/mol. The zero-order chi connectivity index (χ0) is 18.3. The molecule has 2 aliphatic heterocycles. The van der Waals surface area contributed by atoms with Gasteiger partial charge in [-0.05, 0) is 41.3 Å². The van der Waals surface area contributed by atoms with Crippen molar-refractivity contribution < 1.29 is 19.5 Å². The molecule has 1 N–H and O–H groups in total. The minimum absolute atomic E-state index is 0.0431. The molecule has 6 nitrogen and oxygen atoms in total. The molecule has 26 heavy (non-hydrogen) atoms. The number of carbonyl (C=O) groups is 3. The molecule has 2 aromatic rings. The van der Waals surface area contributed by atoms with E-state index in [1.54, 1.807) is 28.0 Å². The molecule has 2 heterocycles. The number of fused-ring (bicyclic) bond motifs is 2. The highest BCUT2D eigenvalue weighted by Gasteiger charge is 2.30. The molecule has 2 amide bonds. The third-order valence-corrected chi connectivity index (χ3v) is 5.04. The maximum absolute atomic E-state index is 12.7. The maximum atomic E-state index is 12.7. The SMILES string of the molecule is O=C(O)c1ccc2c(c1)CN(C(=O)CN1Cc3ccccc3C1=O)CC2. The van der Waals surface area contributed by atoms with Crippen LogP contribution in [-0.4, -0.2) is 45.8 Å². The van der Waals surface area contributed by atoms with Gasteiger partial charge in [0.2, 0.25) is 5.91 Å². The van der Waals surface area contributed by atoms with E-state index in [1.807, 2.05) is 24.3 Å². The molecular weight excluding hydrogens is 332 g/mol. The van der Waals surface area contributed by atoms with Crippen molar-refractivity contribution in [3.8, 4) is 0 Å². The van der Waals surface area contributed by atoms with Gasteiger partial charge in [-0.25, -0.2) is 4.79 Å². The molecule has 2 aromatic carbocycles. The Hall–Kier alpha value is -3.15. The Kier molecular flexibility index (Phi) is 3.95. The standard InChI is InChI=1S/C20H18N2O4/c23-18(12-22-10-15-3-1-2-4-17(15)19(22)24)21-8-7-13-5-6-14(20(25)26)9-16(13)11-21/h1-6,9H,7-8,10-12H2,(H,25,26). The Balaban J connectivity index is 1.46. The number of hydrogen-bond acceptors (Lipinski definition) is 3. The van der Waals surface area contributed by atoms with Gasteiger partial charge in [0.05, 0.1) is 5.56 Å². The van der Waals surface area contributed by atoms with Crippen LogP contribution in [0.25, 0.3) is 0 Å². The fraction of sp³-hybridized carbons (Fsp3) is 0.250. The number of carbonyl (C=O) groups excluding carboxylic acids is 2. The van der Waals surface area contributed by atoms with E-state index in [4.69, 9.17) is 5.11 Å². The first-order valence-electron chi connectivity index (χ1n) is 8.53. The van der Waals surface area contributed by atoms with Crippen molar-refractivity contribution in [2.45, 2.75) is 19.5 Å². The number of aromatic carboxylic acids is 1. The number of rotatable bonds is 3. The summed E-state index contributed by atoms with van der Waals surface area (Å²) in [4.78, 5) is 39.5.